The molecule has 1 unspecified atom stereocenters. The van der Waals surface area contributed by atoms with Crippen LogP contribution in [0.5, 0.6) is 0 Å². The summed E-state index contributed by atoms with van der Waals surface area (Å²) in [4.78, 5) is 34.5. The molecule has 0 aromatic rings. The van der Waals surface area contributed by atoms with E-state index in [-0.39, 0.29) is 18.4 Å². The number of aliphatic carboxylic acids is 1. The summed E-state index contributed by atoms with van der Waals surface area (Å²) < 4.78 is 0. The van der Waals surface area contributed by atoms with Gasteiger partial charge in [0.1, 0.15) is 0 Å². The van der Waals surface area contributed by atoms with Crippen LogP contribution in [0.1, 0.15) is 32.1 Å². The Labute approximate surface area is 99.8 Å². The minimum Gasteiger partial charge on any atom is -0.481 e. The molecule has 96 valence electrons. The van der Waals surface area contributed by atoms with Gasteiger partial charge in [0.15, 0.2) is 0 Å². The fourth-order valence-corrected chi connectivity index (χ4v) is 1.93. The van der Waals surface area contributed by atoms with Crippen LogP contribution in [0, 0.1) is 5.92 Å². The van der Waals surface area contributed by atoms with E-state index in [0.717, 1.165) is 0 Å². The smallest absolute Gasteiger partial charge is 0.308 e. The first-order valence-corrected chi connectivity index (χ1v) is 5.79. The second kappa shape index (κ2) is 6.22. The summed E-state index contributed by atoms with van der Waals surface area (Å²) in [6.45, 7) is 0.792. The van der Waals surface area contributed by atoms with E-state index in [2.05, 4.69) is 0 Å². The first kappa shape index (κ1) is 13.5. The van der Waals surface area contributed by atoms with E-state index in [0.29, 0.717) is 38.6 Å². The lowest BCUT2D eigenvalue weighted by atomic mass is 9.97. The normalized spacial score (nSPS) is 20.4. The molecule has 0 radical (unpaired) electrons. The molecule has 1 saturated heterocycles. The Kier molecular flexibility index (Phi) is 4.93. The largest absolute Gasteiger partial charge is 0.481 e. The number of hydrogen-bond donors (Lipinski definition) is 2. The molecule has 3 N–H and O–H groups in total. The number of nitrogens with zero attached hydrogens (tertiary/aromatic N) is 1. The van der Waals surface area contributed by atoms with E-state index in [9.17, 15) is 14.4 Å². The van der Waals surface area contributed by atoms with Gasteiger partial charge in [-0.05, 0) is 19.3 Å². The lowest BCUT2D eigenvalue weighted by molar-refractivity contribution is -0.147. The van der Waals surface area contributed by atoms with Gasteiger partial charge in [0.05, 0.1) is 5.92 Å². The molecule has 1 fully saturated rings. The molecule has 2 amide bonds. The summed E-state index contributed by atoms with van der Waals surface area (Å²) in [5, 5.41) is 8.89. The molecule has 1 heterocycles. The number of nitrogens with two attached hydrogens (primary N) is 1. The second-order valence-electron chi connectivity index (χ2n) is 4.34. The number of carbonyl (C=O) groups excluding carboxylic acids is 2. The molecule has 1 aliphatic rings. The Hall–Kier alpha value is -1.59. The van der Waals surface area contributed by atoms with Gasteiger partial charge in [0.25, 0.3) is 0 Å². The molecule has 0 aromatic carbocycles. The van der Waals surface area contributed by atoms with E-state index in [4.69, 9.17) is 10.8 Å². The summed E-state index contributed by atoms with van der Waals surface area (Å²) in [6.07, 6.45) is 2.35. The Morgan fingerprint density at radius 3 is 2.71 bits per heavy atom. The average Bonchev–Trinajstić information content (AvgIpc) is 2.25. The monoisotopic (exact) mass is 242 g/mol. The van der Waals surface area contributed by atoms with Crippen LogP contribution in [0.15, 0.2) is 0 Å². The van der Waals surface area contributed by atoms with Crippen LogP contribution in [0.25, 0.3) is 0 Å². The molecule has 0 aromatic heterocycles. The predicted octanol–water partition coefficient (Wildman–Crippen LogP) is -0.0348. The third-order valence-electron chi connectivity index (χ3n) is 2.95. The van der Waals surface area contributed by atoms with Gasteiger partial charge in [0.2, 0.25) is 11.8 Å². The lowest BCUT2D eigenvalue weighted by Gasteiger charge is -2.30. The number of carbonyl (C=O) groups is 3. The summed E-state index contributed by atoms with van der Waals surface area (Å²) in [5.41, 5.74) is 5.00. The zero-order chi connectivity index (χ0) is 12.8. The minimum absolute atomic E-state index is 0.00146. The number of hydrogen-bond acceptors (Lipinski definition) is 3. The van der Waals surface area contributed by atoms with Gasteiger partial charge in [0, 0.05) is 25.9 Å². The third-order valence-corrected chi connectivity index (χ3v) is 2.95. The number of unbranched alkanes of at least 4 members (excludes halogenated alkanes) is 1. The Bertz CT molecular complexity index is 317. The predicted molar refractivity (Wildman–Crippen MR) is 60.0 cm³/mol. The third kappa shape index (κ3) is 4.42. The Balaban J connectivity index is 2.32. The van der Waals surface area contributed by atoms with Crippen molar-refractivity contribution in [2.24, 2.45) is 11.7 Å². The van der Waals surface area contributed by atoms with Crippen LogP contribution in [-0.2, 0) is 14.4 Å². The van der Waals surface area contributed by atoms with Crippen molar-refractivity contribution >= 4 is 17.8 Å². The molecule has 0 aliphatic carbocycles. The van der Waals surface area contributed by atoms with Crippen molar-refractivity contribution in [1.82, 2.24) is 4.90 Å². The second-order valence-corrected chi connectivity index (χ2v) is 4.34. The zero-order valence-corrected chi connectivity index (χ0v) is 9.72. The van der Waals surface area contributed by atoms with Crippen molar-refractivity contribution in [2.45, 2.75) is 32.1 Å². The molecule has 6 nitrogen and oxygen atoms in total. The minimum atomic E-state index is -0.848. The molecule has 6 heteroatoms. The van der Waals surface area contributed by atoms with Gasteiger partial charge >= 0.3 is 5.97 Å². The maximum Gasteiger partial charge on any atom is 0.308 e. The number of rotatable bonds is 6. The van der Waals surface area contributed by atoms with E-state index in [1.54, 1.807) is 4.90 Å². The SMILES string of the molecule is NC(=O)CCCCN1CC(C(=O)O)CCC1=O. The van der Waals surface area contributed by atoms with E-state index < -0.39 is 11.9 Å². The highest BCUT2D eigenvalue weighted by Gasteiger charge is 2.29. The first-order chi connectivity index (χ1) is 8.00. The van der Waals surface area contributed by atoms with Crippen molar-refractivity contribution in [1.29, 1.82) is 0 Å². The van der Waals surface area contributed by atoms with Gasteiger partial charge in [-0.25, -0.2) is 0 Å². The van der Waals surface area contributed by atoms with Crippen LogP contribution in [-0.4, -0.2) is 40.9 Å². The highest BCUT2D eigenvalue weighted by molar-refractivity contribution is 5.80. The van der Waals surface area contributed by atoms with Crippen molar-refractivity contribution in [3.63, 3.8) is 0 Å². The van der Waals surface area contributed by atoms with Gasteiger partial charge in [-0.1, -0.05) is 0 Å². The summed E-state index contributed by atoms with van der Waals surface area (Å²) in [5.74, 6) is -1.65. The van der Waals surface area contributed by atoms with Gasteiger partial charge in [-0.15, -0.1) is 0 Å². The molecule has 1 rings (SSSR count). The Morgan fingerprint density at radius 2 is 2.12 bits per heavy atom. The van der Waals surface area contributed by atoms with Crippen LogP contribution in [0.2, 0.25) is 0 Å². The van der Waals surface area contributed by atoms with Crippen molar-refractivity contribution in [3.05, 3.63) is 0 Å². The molecule has 0 spiro atoms. The van der Waals surface area contributed by atoms with Crippen LogP contribution in [0.3, 0.4) is 0 Å². The Morgan fingerprint density at radius 1 is 1.41 bits per heavy atom. The topological polar surface area (TPSA) is 101 Å². The highest BCUT2D eigenvalue weighted by atomic mass is 16.4. The number of amides is 2. The van der Waals surface area contributed by atoms with E-state index in [1.807, 2.05) is 0 Å². The van der Waals surface area contributed by atoms with Gasteiger partial charge in [-0.2, -0.15) is 0 Å². The zero-order valence-electron chi connectivity index (χ0n) is 9.72. The van der Waals surface area contributed by atoms with Crippen LogP contribution in [0.4, 0.5) is 0 Å². The molecule has 0 saturated carbocycles. The summed E-state index contributed by atoms with van der Waals surface area (Å²) in [6, 6.07) is 0. The summed E-state index contributed by atoms with van der Waals surface area (Å²) in [7, 11) is 0. The van der Waals surface area contributed by atoms with Crippen LogP contribution >= 0.6 is 0 Å². The number of carboxylic acid groups (broad SMARTS) is 1. The summed E-state index contributed by atoms with van der Waals surface area (Å²) >= 11 is 0. The molecule has 0 bridgehead atoms. The molecule has 1 aliphatic heterocycles. The molecule has 1 atom stereocenters. The molecule has 17 heavy (non-hydrogen) atoms. The van der Waals surface area contributed by atoms with E-state index >= 15 is 0 Å². The fourth-order valence-electron chi connectivity index (χ4n) is 1.93. The standard InChI is InChI=1S/C11H18N2O4/c12-9(14)3-1-2-6-13-7-8(11(16)17)4-5-10(13)15/h8H,1-7H2,(H2,12,14)(H,16,17). The maximum absolute atomic E-state index is 11.5. The van der Waals surface area contributed by atoms with Crippen molar-refractivity contribution in [2.75, 3.05) is 13.1 Å². The number of piperidine rings is 1. The van der Waals surface area contributed by atoms with Gasteiger partial charge in [-0.3, -0.25) is 14.4 Å². The fraction of sp³-hybridized carbons (Fsp3) is 0.727. The highest BCUT2D eigenvalue weighted by Crippen LogP contribution is 2.18. The lowest BCUT2D eigenvalue weighted by Crippen LogP contribution is -2.42. The number of primary amides is 1. The molecular formula is C11H18N2O4. The maximum atomic E-state index is 11.5. The van der Waals surface area contributed by atoms with Gasteiger partial charge < -0.3 is 15.7 Å². The number of carboxylic acids is 1. The van der Waals surface area contributed by atoms with Crippen LogP contribution < -0.4 is 5.73 Å². The average molecular weight is 242 g/mol. The number of likely N-dealkylation sites (tertiary alicyclic amines) is 1. The van der Waals surface area contributed by atoms with Crippen molar-refractivity contribution in [3.8, 4) is 0 Å². The van der Waals surface area contributed by atoms with E-state index in [1.165, 1.54) is 0 Å². The first-order valence-electron chi connectivity index (χ1n) is 5.79. The quantitative estimate of drug-likeness (QED) is 0.638. The van der Waals surface area contributed by atoms with Crippen molar-refractivity contribution < 1.29 is 19.5 Å². The molecular weight excluding hydrogens is 224 g/mol.